The summed E-state index contributed by atoms with van der Waals surface area (Å²) in [5, 5.41) is 31.7. The van der Waals surface area contributed by atoms with E-state index in [1.807, 2.05) is 27.7 Å². The van der Waals surface area contributed by atoms with Gasteiger partial charge in [0.2, 0.25) is 0 Å². The Kier molecular flexibility index (Phi) is 5.12. The molecule has 2 aliphatic carbocycles. The summed E-state index contributed by atoms with van der Waals surface area (Å²) in [4.78, 5) is 12.7. The Morgan fingerprint density at radius 2 is 1.89 bits per heavy atom. The third-order valence-electron chi connectivity index (χ3n) is 6.68. The average molecular weight is 374 g/mol. The summed E-state index contributed by atoms with van der Waals surface area (Å²) in [6.45, 7) is 7.87. The monoisotopic (exact) mass is 374 g/mol. The van der Waals surface area contributed by atoms with E-state index in [1.165, 1.54) is 24.3 Å². The van der Waals surface area contributed by atoms with Crippen molar-refractivity contribution in [1.82, 2.24) is 0 Å². The number of benzene rings is 1. The Hall–Kier alpha value is -1.85. The van der Waals surface area contributed by atoms with Crippen LogP contribution in [-0.4, -0.2) is 39.1 Å². The first kappa shape index (κ1) is 19.9. The van der Waals surface area contributed by atoms with Crippen molar-refractivity contribution >= 4 is 5.97 Å². The quantitative estimate of drug-likeness (QED) is 0.557. The van der Waals surface area contributed by atoms with Gasteiger partial charge in [0, 0.05) is 24.2 Å². The molecule has 148 valence electrons. The Morgan fingerprint density at radius 3 is 2.48 bits per heavy atom. The minimum atomic E-state index is -1.10. The van der Waals surface area contributed by atoms with Crippen molar-refractivity contribution in [2.75, 3.05) is 0 Å². The molecule has 1 aromatic rings. The molecule has 0 saturated heterocycles. The highest BCUT2D eigenvalue weighted by molar-refractivity contribution is 5.89. The number of hydrogen-bond acceptors (Lipinski definition) is 5. The van der Waals surface area contributed by atoms with E-state index < -0.39 is 29.2 Å². The van der Waals surface area contributed by atoms with Gasteiger partial charge in [0.25, 0.3) is 0 Å². The first-order valence-corrected chi connectivity index (χ1v) is 9.64. The van der Waals surface area contributed by atoms with E-state index >= 15 is 0 Å². The number of phenolic OH excluding ortho intramolecular Hbond substituents is 1. The van der Waals surface area contributed by atoms with Crippen molar-refractivity contribution < 1.29 is 24.9 Å². The highest BCUT2D eigenvalue weighted by atomic mass is 16.5. The van der Waals surface area contributed by atoms with Crippen molar-refractivity contribution in [2.45, 2.75) is 64.8 Å². The maximum atomic E-state index is 12.7. The summed E-state index contributed by atoms with van der Waals surface area (Å²) in [5.74, 6) is -0.841. The fourth-order valence-electron chi connectivity index (χ4n) is 4.88. The number of aliphatic hydroxyl groups excluding tert-OH is 1. The molecule has 0 aliphatic heterocycles. The summed E-state index contributed by atoms with van der Waals surface area (Å²) in [7, 11) is 0. The summed E-state index contributed by atoms with van der Waals surface area (Å²) in [6.07, 6.45) is 2.37. The molecule has 5 heteroatoms. The molecule has 0 unspecified atom stereocenters. The number of allylic oxidation sites excluding steroid dienone is 1. The number of ether oxygens (including phenoxy) is 1. The number of rotatable bonds is 3. The van der Waals surface area contributed by atoms with Gasteiger partial charge in [-0.1, -0.05) is 32.4 Å². The molecule has 2 aliphatic rings. The zero-order valence-electron chi connectivity index (χ0n) is 16.5. The van der Waals surface area contributed by atoms with Crippen LogP contribution in [0.2, 0.25) is 0 Å². The van der Waals surface area contributed by atoms with Gasteiger partial charge in [-0.25, -0.2) is 4.79 Å². The Bertz CT molecular complexity index is 738. The minimum Gasteiger partial charge on any atom is -0.508 e. The molecule has 5 atom stereocenters. The van der Waals surface area contributed by atoms with Crippen molar-refractivity contribution in [2.24, 2.45) is 17.3 Å². The van der Waals surface area contributed by atoms with Gasteiger partial charge >= 0.3 is 5.97 Å². The standard InChI is InChI=1S/C22H30O5/c1-13(2)22(26)12-18(24)21(4)10-9-14(3)11-17(19(21)22)27-20(25)15-5-7-16(23)8-6-15/h5-9,13,17-19,23-24,26H,10-12H2,1-4H3/t17-,18+,19+,21+,22-/m0/s1. The van der Waals surface area contributed by atoms with Gasteiger partial charge in [-0.05, 0) is 43.5 Å². The Balaban J connectivity index is 1.97. The number of aromatic hydroxyl groups is 1. The summed E-state index contributed by atoms with van der Waals surface area (Å²) >= 11 is 0. The third-order valence-corrected chi connectivity index (χ3v) is 6.68. The largest absolute Gasteiger partial charge is 0.508 e. The number of carbonyl (C=O) groups is 1. The van der Waals surface area contributed by atoms with Crippen molar-refractivity contribution in [1.29, 1.82) is 0 Å². The minimum absolute atomic E-state index is 0.0766. The van der Waals surface area contributed by atoms with E-state index in [4.69, 9.17) is 4.74 Å². The smallest absolute Gasteiger partial charge is 0.338 e. The molecule has 0 radical (unpaired) electrons. The van der Waals surface area contributed by atoms with Gasteiger partial charge in [-0.2, -0.15) is 0 Å². The fraction of sp³-hybridized carbons (Fsp3) is 0.591. The Morgan fingerprint density at radius 1 is 1.26 bits per heavy atom. The van der Waals surface area contributed by atoms with Gasteiger partial charge in [0.05, 0.1) is 17.3 Å². The molecule has 0 amide bonds. The molecule has 3 rings (SSSR count). The number of hydrogen-bond donors (Lipinski definition) is 3. The predicted molar refractivity (Wildman–Crippen MR) is 102 cm³/mol. The molecular weight excluding hydrogens is 344 g/mol. The van der Waals surface area contributed by atoms with Crippen LogP contribution in [0.4, 0.5) is 0 Å². The van der Waals surface area contributed by atoms with Crippen LogP contribution in [0.1, 0.15) is 57.3 Å². The molecule has 1 saturated carbocycles. The highest BCUT2D eigenvalue weighted by Crippen LogP contribution is 2.58. The third kappa shape index (κ3) is 3.39. The molecule has 0 heterocycles. The molecule has 1 fully saturated rings. The summed E-state index contributed by atoms with van der Waals surface area (Å²) < 4.78 is 5.91. The normalized spacial score (nSPS) is 36.1. The molecular formula is C22H30O5. The number of phenols is 1. The first-order valence-electron chi connectivity index (χ1n) is 9.64. The number of fused-ring (bicyclic) bond motifs is 1. The van der Waals surface area contributed by atoms with Crippen LogP contribution in [0, 0.1) is 17.3 Å². The van der Waals surface area contributed by atoms with Crippen LogP contribution in [0.15, 0.2) is 35.9 Å². The number of carbonyl (C=O) groups excluding carboxylic acids is 1. The van der Waals surface area contributed by atoms with Crippen LogP contribution < -0.4 is 0 Å². The molecule has 27 heavy (non-hydrogen) atoms. The van der Waals surface area contributed by atoms with E-state index in [0.717, 1.165) is 5.57 Å². The molecule has 1 aromatic carbocycles. The molecule has 5 nitrogen and oxygen atoms in total. The topological polar surface area (TPSA) is 87.0 Å². The van der Waals surface area contributed by atoms with Gasteiger partial charge in [0.15, 0.2) is 0 Å². The van der Waals surface area contributed by atoms with E-state index in [2.05, 4.69) is 6.08 Å². The lowest BCUT2D eigenvalue weighted by Crippen LogP contribution is -2.50. The zero-order chi connectivity index (χ0) is 20.0. The number of esters is 1. The van der Waals surface area contributed by atoms with Crippen LogP contribution in [0.3, 0.4) is 0 Å². The van der Waals surface area contributed by atoms with Crippen LogP contribution >= 0.6 is 0 Å². The van der Waals surface area contributed by atoms with Crippen molar-refractivity contribution in [3.05, 3.63) is 41.5 Å². The molecule has 0 spiro atoms. The van der Waals surface area contributed by atoms with Crippen molar-refractivity contribution in [3.8, 4) is 5.75 Å². The maximum absolute atomic E-state index is 12.7. The lowest BCUT2D eigenvalue weighted by atomic mass is 9.67. The van der Waals surface area contributed by atoms with Gasteiger partial charge in [0.1, 0.15) is 11.9 Å². The lowest BCUT2D eigenvalue weighted by Gasteiger charge is -2.43. The average Bonchev–Trinajstić information content (AvgIpc) is 2.70. The van der Waals surface area contributed by atoms with E-state index in [1.54, 1.807) is 0 Å². The zero-order valence-corrected chi connectivity index (χ0v) is 16.5. The summed E-state index contributed by atoms with van der Waals surface area (Å²) in [5.41, 5.74) is -0.220. The van der Waals surface area contributed by atoms with Crippen LogP contribution in [0.5, 0.6) is 5.75 Å². The first-order chi connectivity index (χ1) is 12.6. The van der Waals surface area contributed by atoms with E-state index in [-0.39, 0.29) is 24.0 Å². The highest BCUT2D eigenvalue weighted by Gasteiger charge is 2.63. The lowest BCUT2D eigenvalue weighted by molar-refractivity contribution is -0.113. The predicted octanol–water partition coefficient (Wildman–Crippen LogP) is 3.43. The molecule has 0 aromatic heterocycles. The van der Waals surface area contributed by atoms with Gasteiger partial charge in [-0.3, -0.25) is 0 Å². The molecule has 3 N–H and O–H groups in total. The fourth-order valence-corrected chi connectivity index (χ4v) is 4.88. The van der Waals surface area contributed by atoms with Gasteiger partial charge in [-0.15, -0.1) is 0 Å². The van der Waals surface area contributed by atoms with Gasteiger partial charge < -0.3 is 20.1 Å². The maximum Gasteiger partial charge on any atom is 0.338 e. The van der Waals surface area contributed by atoms with Crippen LogP contribution in [0.25, 0.3) is 0 Å². The second-order valence-corrected chi connectivity index (χ2v) is 8.80. The molecule has 0 bridgehead atoms. The van der Waals surface area contributed by atoms with Crippen LogP contribution in [-0.2, 0) is 4.74 Å². The van der Waals surface area contributed by atoms with Crippen molar-refractivity contribution in [3.63, 3.8) is 0 Å². The van der Waals surface area contributed by atoms with E-state index in [9.17, 15) is 20.1 Å². The second kappa shape index (κ2) is 6.95. The second-order valence-electron chi connectivity index (χ2n) is 8.80. The summed E-state index contributed by atoms with van der Waals surface area (Å²) in [6, 6.07) is 5.94. The SMILES string of the molecule is CC1=CC[C@]2(C)[C@H](O)C[C@](O)(C(C)C)[C@@H]2[C@@H](OC(=O)c2ccc(O)cc2)C1. The Labute approximate surface area is 160 Å². The van der Waals surface area contributed by atoms with E-state index in [0.29, 0.717) is 18.4 Å². The number of aliphatic hydroxyl groups is 2.